The summed E-state index contributed by atoms with van der Waals surface area (Å²) in [7, 11) is 1.95. The Morgan fingerprint density at radius 2 is 1.79 bits per heavy atom. The van der Waals surface area contributed by atoms with E-state index in [1.54, 1.807) is 28.2 Å². The quantitative estimate of drug-likeness (QED) is 0.484. The molecule has 0 aliphatic carbocycles. The first-order chi connectivity index (χ1) is 13.9. The molecule has 1 fully saturated rings. The van der Waals surface area contributed by atoms with E-state index in [0.717, 1.165) is 18.9 Å². The molecule has 158 valence electrons. The highest BCUT2D eigenvalue weighted by atomic mass is 32.2. The predicted octanol–water partition coefficient (Wildman–Crippen LogP) is -0.384. The molecule has 1 aromatic heterocycles. The first-order valence-corrected chi connectivity index (χ1v) is 10.9. The lowest BCUT2D eigenvalue weighted by Crippen LogP contribution is -2.47. The number of hydrogen-bond acceptors (Lipinski definition) is 6. The molecule has 0 saturated carbocycles. The van der Waals surface area contributed by atoms with Gasteiger partial charge < -0.3 is 15.5 Å². The van der Waals surface area contributed by atoms with E-state index in [9.17, 15) is 8.42 Å². The van der Waals surface area contributed by atoms with Crippen molar-refractivity contribution in [2.75, 3.05) is 40.3 Å². The first kappa shape index (κ1) is 21.2. The van der Waals surface area contributed by atoms with Crippen LogP contribution in [0.5, 0.6) is 0 Å². The number of nitrogens with one attached hydrogen (secondary N) is 2. The molecule has 1 aliphatic rings. The molecule has 0 radical (unpaired) electrons. The van der Waals surface area contributed by atoms with Crippen molar-refractivity contribution in [3.05, 3.63) is 42.0 Å². The van der Waals surface area contributed by atoms with Crippen LogP contribution in [-0.2, 0) is 30.2 Å². The maximum Gasteiger partial charge on any atom is 0.243 e. The summed E-state index contributed by atoms with van der Waals surface area (Å²) in [5.74, 6) is 1.32. The van der Waals surface area contributed by atoms with Gasteiger partial charge in [0.1, 0.15) is 12.2 Å². The second kappa shape index (κ2) is 9.33. The zero-order valence-corrected chi connectivity index (χ0v) is 17.9. The number of benzene rings is 1. The van der Waals surface area contributed by atoms with E-state index < -0.39 is 10.0 Å². The fraction of sp³-hybridized carbons (Fsp3) is 0.500. The molecule has 2 heterocycles. The topological polar surface area (TPSA) is 108 Å². The van der Waals surface area contributed by atoms with E-state index in [-0.39, 0.29) is 0 Å². The summed E-state index contributed by atoms with van der Waals surface area (Å²) in [6, 6.07) is 7.09. The molecule has 0 atom stereocenters. The van der Waals surface area contributed by atoms with Crippen molar-refractivity contribution < 1.29 is 8.42 Å². The molecule has 0 unspecified atom stereocenters. The van der Waals surface area contributed by atoms with Crippen LogP contribution in [0.3, 0.4) is 0 Å². The molecule has 11 heteroatoms. The van der Waals surface area contributed by atoms with Crippen molar-refractivity contribution in [1.29, 1.82) is 0 Å². The normalized spacial score (nSPS) is 16.7. The molecule has 1 saturated heterocycles. The fourth-order valence-electron chi connectivity index (χ4n) is 3.11. The van der Waals surface area contributed by atoms with Gasteiger partial charge in [0.2, 0.25) is 10.0 Å². The Kier molecular flexibility index (Phi) is 6.83. The van der Waals surface area contributed by atoms with Gasteiger partial charge in [0.25, 0.3) is 0 Å². The molecule has 0 spiro atoms. The third-order valence-electron chi connectivity index (χ3n) is 4.94. The van der Waals surface area contributed by atoms with Gasteiger partial charge in [-0.2, -0.15) is 9.40 Å². The standard InChI is InChI=1S/C18H28N8O2S/c1-19-18(21-13-17-22-14-23-25(17)3)20-12-15-6-4-5-7-16(15)29(27,28)26-10-8-24(2)9-11-26/h4-7,14H,8-13H2,1-3H3,(H2,19,20,21). The van der Waals surface area contributed by atoms with Crippen molar-refractivity contribution in [3.63, 3.8) is 0 Å². The highest BCUT2D eigenvalue weighted by molar-refractivity contribution is 7.89. The Morgan fingerprint density at radius 3 is 2.45 bits per heavy atom. The van der Waals surface area contributed by atoms with E-state index in [1.807, 2.05) is 26.2 Å². The maximum absolute atomic E-state index is 13.2. The van der Waals surface area contributed by atoms with Crippen LogP contribution < -0.4 is 10.6 Å². The summed E-state index contributed by atoms with van der Waals surface area (Å²) in [6.45, 7) is 3.26. The molecule has 2 aromatic rings. The Labute approximate surface area is 171 Å². The van der Waals surface area contributed by atoms with Gasteiger partial charge in [-0.15, -0.1) is 0 Å². The fourth-order valence-corrected chi connectivity index (χ4v) is 4.76. The summed E-state index contributed by atoms with van der Waals surface area (Å²) >= 11 is 0. The number of aryl methyl sites for hydroxylation is 1. The molecule has 2 N–H and O–H groups in total. The number of aromatic nitrogens is 3. The minimum atomic E-state index is -3.54. The van der Waals surface area contributed by atoms with E-state index >= 15 is 0 Å². The molecule has 1 aromatic carbocycles. The van der Waals surface area contributed by atoms with Gasteiger partial charge in [-0.3, -0.25) is 9.67 Å². The number of sulfonamides is 1. The maximum atomic E-state index is 13.2. The van der Waals surface area contributed by atoms with Crippen molar-refractivity contribution in [1.82, 2.24) is 34.6 Å². The molecular weight excluding hydrogens is 392 g/mol. The zero-order chi connectivity index (χ0) is 20.9. The highest BCUT2D eigenvalue weighted by Crippen LogP contribution is 2.21. The van der Waals surface area contributed by atoms with Gasteiger partial charge in [0.05, 0.1) is 11.4 Å². The van der Waals surface area contributed by atoms with Gasteiger partial charge in [0, 0.05) is 46.8 Å². The average Bonchev–Trinajstić information content (AvgIpc) is 3.13. The number of piperazine rings is 1. The number of guanidine groups is 1. The van der Waals surface area contributed by atoms with Gasteiger partial charge >= 0.3 is 0 Å². The molecule has 0 bridgehead atoms. The first-order valence-electron chi connectivity index (χ1n) is 9.46. The van der Waals surface area contributed by atoms with Crippen LogP contribution in [0, 0.1) is 0 Å². The summed E-state index contributed by atoms with van der Waals surface area (Å²) in [6.07, 6.45) is 1.49. The Morgan fingerprint density at radius 1 is 1.10 bits per heavy atom. The van der Waals surface area contributed by atoms with Crippen molar-refractivity contribution in [2.24, 2.45) is 12.0 Å². The van der Waals surface area contributed by atoms with E-state index in [1.165, 1.54) is 6.33 Å². The van der Waals surface area contributed by atoms with E-state index in [0.29, 0.717) is 42.6 Å². The van der Waals surface area contributed by atoms with E-state index in [2.05, 4.69) is 30.6 Å². The van der Waals surface area contributed by atoms with Crippen LogP contribution >= 0.6 is 0 Å². The summed E-state index contributed by atoms with van der Waals surface area (Å²) < 4.78 is 29.6. The molecule has 1 aliphatic heterocycles. The number of likely N-dealkylation sites (N-methyl/N-ethyl adjacent to an activating group) is 1. The number of hydrogen-bond donors (Lipinski definition) is 2. The minimum Gasteiger partial charge on any atom is -0.352 e. The third kappa shape index (κ3) is 5.11. The second-order valence-electron chi connectivity index (χ2n) is 6.89. The molecule has 10 nitrogen and oxygen atoms in total. The van der Waals surface area contributed by atoms with Gasteiger partial charge in [-0.25, -0.2) is 13.4 Å². The molecular formula is C18H28N8O2S. The zero-order valence-electron chi connectivity index (χ0n) is 17.0. The van der Waals surface area contributed by atoms with Crippen molar-refractivity contribution >= 4 is 16.0 Å². The summed E-state index contributed by atoms with van der Waals surface area (Å²) in [4.78, 5) is 10.8. The van der Waals surface area contributed by atoms with Gasteiger partial charge in [0.15, 0.2) is 5.96 Å². The Bertz CT molecular complexity index is 948. The van der Waals surface area contributed by atoms with Crippen LogP contribution in [0.4, 0.5) is 0 Å². The lowest BCUT2D eigenvalue weighted by Gasteiger charge is -2.32. The monoisotopic (exact) mass is 420 g/mol. The Balaban J connectivity index is 1.67. The van der Waals surface area contributed by atoms with Crippen molar-refractivity contribution in [3.8, 4) is 0 Å². The predicted molar refractivity (Wildman–Crippen MR) is 111 cm³/mol. The number of aliphatic imine (C=N–C) groups is 1. The van der Waals surface area contributed by atoms with Crippen LogP contribution in [0.1, 0.15) is 11.4 Å². The number of nitrogens with zero attached hydrogens (tertiary/aromatic N) is 6. The lowest BCUT2D eigenvalue weighted by molar-refractivity contribution is 0.222. The molecule has 0 amide bonds. The second-order valence-corrected chi connectivity index (χ2v) is 8.80. The molecule has 29 heavy (non-hydrogen) atoms. The van der Waals surface area contributed by atoms with Crippen LogP contribution in [0.25, 0.3) is 0 Å². The Hall–Kier alpha value is -2.50. The van der Waals surface area contributed by atoms with Crippen LogP contribution in [-0.4, -0.2) is 78.6 Å². The van der Waals surface area contributed by atoms with Crippen LogP contribution in [0.15, 0.2) is 40.5 Å². The third-order valence-corrected chi connectivity index (χ3v) is 6.94. The van der Waals surface area contributed by atoms with Gasteiger partial charge in [-0.05, 0) is 18.7 Å². The average molecular weight is 421 g/mol. The lowest BCUT2D eigenvalue weighted by atomic mass is 10.2. The van der Waals surface area contributed by atoms with E-state index in [4.69, 9.17) is 0 Å². The highest BCUT2D eigenvalue weighted by Gasteiger charge is 2.29. The van der Waals surface area contributed by atoms with Crippen LogP contribution in [0.2, 0.25) is 0 Å². The SMILES string of the molecule is CN=C(NCc1ccccc1S(=O)(=O)N1CCN(C)CC1)NCc1ncnn1C. The summed E-state index contributed by atoms with van der Waals surface area (Å²) in [5, 5.41) is 10.4. The summed E-state index contributed by atoms with van der Waals surface area (Å²) in [5.41, 5.74) is 0.702. The van der Waals surface area contributed by atoms with Crippen molar-refractivity contribution in [2.45, 2.75) is 18.0 Å². The smallest absolute Gasteiger partial charge is 0.243 e. The minimum absolute atomic E-state index is 0.334. The number of rotatable bonds is 6. The largest absolute Gasteiger partial charge is 0.352 e. The van der Waals surface area contributed by atoms with Gasteiger partial charge in [-0.1, -0.05) is 18.2 Å². The molecule has 3 rings (SSSR count).